The number of nitrogen functional groups attached to an aromatic ring is 1. The summed E-state index contributed by atoms with van der Waals surface area (Å²) in [6, 6.07) is 4.30. The minimum absolute atomic E-state index is 0.317. The van der Waals surface area contributed by atoms with Crippen LogP contribution in [-0.2, 0) is 4.79 Å². The summed E-state index contributed by atoms with van der Waals surface area (Å²) in [6.45, 7) is 12.7. The Morgan fingerprint density at radius 3 is 2.33 bits per heavy atom. The summed E-state index contributed by atoms with van der Waals surface area (Å²) < 4.78 is 5.24. The van der Waals surface area contributed by atoms with E-state index >= 15 is 0 Å². The smallest absolute Gasteiger partial charge is 0.137 e. The third kappa shape index (κ3) is 8.45. The normalized spacial score (nSPS) is 17.7. The number of piperidine rings is 1. The Labute approximate surface area is 182 Å². The number of hydrogen-bond acceptors (Lipinski definition) is 7. The van der Waals surface area contributed by atoms with Gasteiger partial charge < -0.3 is 20.2 Å². The van der Waals surface area contributed by atoms with Gasteiger partial charge in [0.1, 0.15) is 23.7 Å². The first-order valence-electron chi connectivity index (χ1n) is 10.7. The van der Waals surface area contributed by atoms with E-state index in [1.165, 1.54) is 6.92 Å². The largest absolute Gasteiger partial charge is 0.495 e. The van der Waals surface area contributed by atoms with Gasteiger partial charge in [0, 0.05) is 36.3 Å². The maximum atomic E-state index is 8.81. The monoisotopic (exact) mass is 417 g/mol. The Morgan fingerprint density at radius 2 is 1.77 bits per heavy atom. The Hall–Kier alpha value is -2.54. The van der Waals surface area contributed by atoms with E-state index in [1.54, 1.807) is 25.6 Å². The van der Waals surface area contributed by atoms with Gasteiger partial charge in [-0.15, -0.1) is 0 Å². The molecule has 3 rings (SSSR count). The van der Waals surface area contributed by atoms with E-state index in [4.69, 9.17) is 20.2 Å². The first kappa shape index (κ1) is 27.5. The molecule has 1 aliphatic rings. The van der Waals surface area contributed by atoms with Crippen molar-refractivity contribution < 1.29 is 9.53 Å². The van der Waals surface area contributed by atoms with Crippen LogP contribution >= 0.6 is 0 Å². The van der Waals surface area contributed by atoms with E-state index in [-0.39, 0.29) is 0 Å². The lowest BCUT2D eigenvalue weighted by atomic mass is 9.93. The van der Waals surface area contributed by atoms with Crippen LogP contribution in [0.25, 0.3) is 11.3 Å². The van der Waals surface area contributed by atoms with Crippen molar-refractivity contribution in [2.24, 2.45) is 0 Å². The minimum atomic E-state index is 0.317. The van der Waals surface area contributed by atoms with Crippen molar-refractivity contribution in [1.82, 2.24) is 19.9 Å². The number of likely N-dealkylation sites (N-methyl/N-ethyl adjacent to an activating group) is 1. The second-order valence-corrected chi connectivity index (χ2v) is 6.45. The topological polar surface area (TPSA) is 94.2 Å². The fourth-order valence-electron chi connectivity index (χ4n) is 2.98. The molecule has 2 atom stereocenters. The highest BCUT2D eigenvalue weighted by atomic mass is 16.5. The van der Waals surface area contributed by atoms with Gasteiger partial charge in [-0.1, -0.05) is 27.7 Å². The molecule has 0 saturated carbocycles. The van der Waals surface area contributed by atoms with E-state index in [0.717, 1.165) is 42.8 Å². The molecule has 2 aromatic heterocycles. The summed E-state index contributed by atoms with van der Waals surface area (Å²) in [6.07, 6.45) is 6.43. The van der Waals surface area contributed by atoms with Crippen molar-refractivity contribution in [3.05, 3.63) is 30.4 Å². The predicted molar refractivity (Wildman–Crippen MR) is 125 cm³/mol. The highest BCUT2D eigenvalue weighted by Gasteiger charge is 2.26. The highest BCUT2D eigenvalue weighted by Crippen LogP contribution is 2.29. The SMILES string of the molecule is CC.CC.CC=O.COc1cncc(-c2cc(N)nc([C@H]3CC[C@H](C)N(C)C3)n2)c1. The molecule has 7 heteroatoms. The summed E-state index contributed by atoms with van der Waals surface area (Å²) in [5.74, 6) is 2.33. The van der Waals surface area contributed by atoms with Crippen molar-refractivity contribution in [3.8, 4) is 17.0 Å². The van der Waals surface area contributed by atoms with Gasteiger partial charge in [-0.3, -0.25) is 4.98 Å². The van der Waals surface area contributed by atoms with Gasteiger partial charge in [-0.2, -0.15) is 0 Å². The molecule has 30 heavy (non-hydrogen) atoms. The summed E-state index contributed by atoms with van der Waals surface area (Å²) in [5.41, 5.74) is 7.70. The molecule has 1 saturated heterocycles. The molecule has 0 aliphatic carbocycles. The number of hydrogen-bond donors (Lipinski definition) is 1. The zero-order valence-corrected chi connectivity index (χ0v) is 19.8. The lowest BCUT2D eigenvalue weighted by Crippen LogP contribution is -2.38. The first-order chi connectivity index (χ1) is 14.5. The van der Waals surface area contributed by atoms with Crippen LogP contribution in [0.3, 0.4) is 0 Å². The van der Waals surface area contributed by atoms with Crippen molar-refractivity contribution >= 4 is 12.1 Å². The lowest BCUT2D eigenvalue weighted by Gasteiger charge is -2.34. The van der Waals surface area contributed by atoms with Crippen LogP contribution in [0.2, 0.25) is 0 Å². The maximum Gasteiger partial charge on any atom is 0.137 e. The molecular weight excluding hydrogens is 378 g/mol. The average Bonchev–Trinajstić information content (AvgIpc) is 2.78. The number of ether oxygens (including phenoxy) is 1. The van der Waals surface area contributed by atoms with E-state index in [2.05, 4.69) is 28.8 Å². The van der Waals surface area contributed by atoms with E-state index in [0.29, 0.717) is 23.5 Å². The van der Waals surface area contributed by atoms with E-state index in [9.17, 15) is 0 Å². The quantitative estimate of drug-likeness (QED) is 0.730. The van der Waals surface area contributed by atoms with Gasteiger partial charge in [0.2, 0.25) is 0 Å². The Morgan fingerprint density at radius 1 is 1.13 bits per heavy atom. The molecular formula is C23H39N5O2. The summed E-state index contributed by atoms with van der Waals surface area (Å²) in [7, 11) is 3.77. The van der Waals surface area contributed by atoms with Crippen LogP contribution in [0.15, 0.2) is 24.5 Å². The van der Waals surface area contributed by atoms with Gasteiger partial charge in [-0.05, 0) is 39.8 Å². The third-order valence-electron chi connectivity index (χ3n) is 4.57. The van der Waals surface area contributed by atoms with E-state index in [1.807, 2.05) is 33.8 Å². The number of aromatic nitrogens is 3. The Balaban J connectivity index is 0.00000108. The maximum absolute atomic E-state index is 8.81. The van der Waals surface area contributed by atoms with Crippen molar-refractivity contribution in [1.29, 1.82) is 0 Å². The standard InChI is InChI=1S/C17H23N5O.C2H4O.2C2H6/c1-11-4-5-12(10-22(11)2)17-20-15(7-16(18)21-17)13-6-14(23-3)9-19-8-13;1-2-3;2*1-2/h6-9,11-12H,4-5,10H2,1-3H3,(H2,18,20,21);2H,1H3;2*1-2H3/t11-,12-;;;/m0.../s1. The number of nitrogens with two attached hydrogens (primary N) is 1. The number of carbonyl (C=O) groups is 1. The first-order valence-corrected chi connectivity index (χ1v) is 10.7. The number of rotatable bonds is 3. The molecule has 0 spiro atoms. The van der Waals surface area contributed by atoms with Crippen molar-refractivity contribution in [2.75, 3.05) is 26.4 Å². The molecule has 0 aromatic carbocycles. The fraction of sp³-hybridized carbons (Fsp3) is 0.565. The minimum Gasteiger partial charge on any atom is -0.495 e. The fourth-order valence-corrected chi connectivity index (χ4v) is 2.98. The Kier molecular flexibility index (Phi) is 14.0. The third-order valence-corrected chi connectivity index (χ3v) is 4.57. The highest BCUT2D eigenvalue weighted by molar-refractivity contribution is 5.62. The summed E-state index contributed by atoms with van der Waals surface area (Å²) in [4.78, 5) is 24.6. The number of anilines is 1. The molecule has 0 amide bonds. The van der Waals surface area contributed by atoms with Crippen LogP contribution < -0.4 is 10.5 Å². The van der Waals surface area contributed by atoms with Gasteiger partial charge in [0.05, 0.1) is 19.0 Å². The van der Waals surface area contributed by atoms with Crippen molar-refractivity contribution in [3.63, 3.8) is 0 Å². The number of nitrogens with zero attached hydrogens (tertiary/aromatic N) is 4. The van der Waals surface area contributed by atoms with Crippen LogP contribution in [0, 0.1) is 0 Å². The summed E-state index contributed by atoms with van der Waals surface area (Å²) in [5, 5.41) is 0. The molecule has 2 N–H and O–H groups in total. The van der Waals surface area contributed by atoms with Crippen LogP contribution in [0.4, 0.5) is 5.82 Å². The zero-order chi connectivity index (χ0) is 23.1. The van der Waals surface area contributed by atoms with Crippen LogP contribution in [0.5, 0.6) is 5.75 Å². The van der Waals surface area contributed by atoms with Gasteiger partial charge in [0.15, 0.2) is 0 Å². The predicted octanol–water partition coefficient (Wildman–Crippen LogP) is 4.58. The second-order valence-electron chi connectivity index (χ2n) is 6.45. The number of methoxy groups -OCH3 is 1. The van der Waals surface area contributed by atoms with Crippen molar-refractivity contribution in [2.45, 2.75) is 66.3 Å². The van der Waals surface area contributed by atoms with Gasteiger partial charge >= 0.3 is 0 Å². The Bertz CT molecular complexity index is 739. The van der Waals surface area contributed by atoms with Gasteiger partial charge in [0.25, 0.3) is 0 Å². The average molecular weight is 418 g/mol. The zero-order valence-electron chi connectivity index (χ0n) is 19.8. The molecule has 2 aromatic rings. The second kappa shape index (κ2) is 15.3. The molecule has 7 nitrogen and oxygen atoms in total. The molecule has 0 unspecified atom stereocenters. The van der Waals surface area contributed by atoms with Crippen LogP contribution in [-0.4, -0.2) is 52.9 Å². The molecule has 0 radical (unpaired) electrons. The number of likely N-dealkylation sites (tertiary alicyclic amines) is 1. The number of pyridine rings is 1. The lowest BCUT2D eigenvalue weighted by molar-refractivity contribution is -0.106. The number of carbonyl (C=O) groups excluding carboxylic acids is 1. The molecule has 0 bridgehead atoms. The molecule has 3 heterocycles. The van der Waals surface area contributed by atoms with E-state index < -0.39 is 0 Å². The molecule has 1 fully saturated rings. The van der Waals surface area contributed by atoms with Crippen LogP contribution in [0.1, 0.15) is 66.1 Å². The molecule has 168 valence electrons. The summed E-state index contributed by atoms with van der Waals surface area (Å²) >= 11 is 0. The van der Waals surface area contributed by atoms with Gasteiger partial charge in [-0.25, -0.2) is 9.97 Å². The molecule has 1 aliphatic heterocycles. The number of aldehydes is 1.